The fraction of sp³-hybridized carbons (Fsp3) is 0.267. The summed E-state index contributed by atoms with van der Waals surface area (Å²) in [5.74, 6) is 1.31. The van der Waals surface area contributed by atoms with Crippen LogP contribution in [0.25, 0.3) is 5.69 Å². The molecule has 0 spiro atoms. The Morgan fingerprint density at radius 2 is 1.72 bits per heavy atom. The number of methoxy groups -OCH3 is 1. The molecule has 1 saturated heterocycles. The molecule has 6 heteroatoms. The number of thiocarbonyl (C=S) groups is 1. The predicted molar refractivity (Wildman–Crippen MR) is 150 cm³/mol. The fourth-order valence-corrected chi connectivity index (χ4v) is 5.55. The van der Waals surface area contributed by atoms with Crippen LogP contribution in [-0.4, -0.2) is 21.8 Å². The molecule has 2 atom stereocenters. The minimum absolute atomic E-state index is 0.0529. The van der Waals surface area contributed by atoms with Crippen LogP contribution in [0.15, 0.2) is 79.0 Å². The molecule has 0 bridgehead atoms. The maximum atomic E-state index is 5.93. The molecule has 1 aliphatic heterocycles. The third kappa shape index (κ3) is 4.26. The van der Waals surface area contributed by atoms with Crippen molar-refractivity contribution in [2.24, 2.45) is 0 Å². The Hall–Kier alpha value is -3.64. The quantitative estimate of drug-likeness (QED) is 0.297. The van der Waals surface area contributed by atoms with Crippen LogP contribution in [0.2, 0.25) is 0 Å². The van der Waals surface area contributed by atoms with E-state index in [1.54, 1.807) is 7.11 Å². The van der Waals surface area contributed by atoms with Gasteiger partial charge in [-0.1, -0.05) is 38.1 Å². The number of benzene rings is 2. The molecule has 36 heavy (non-hydrogen) atoms. The monoisotopic (exact) mass is 496 g/mol. The SMILES string of the molecule is COc1cccc(-n2c(C)cc([C@H]3[C@@H](c4ccccn4)NC(=S)N3c3ccc(C(C)C)cc3)c2C)c1. The average Bonchev–Trinajstić information content (AvgIpc) is 3.39. The highest BCUT2D eigenvalue weighted by atomic mass is 32.1. The normalized spacial score (nSPS) is 17.5. The number of anilines is 1. The maximum absolute atomic E-state index is 5.93. The zero-order valence-corrected chi connectivity index (χ0v) is 22.2. The van der Waals surface area contributed by atoms with E-state index in [-0.39, 0.29) is 12.1 Å². The van der Waals surface area contributed by atoms with Crippen molar-refractivity contribution < 1.29 is 4.74 Å². The van der Waals surface area contributed by atoms with Crippen LogP contribution in [0.4, 0.5) is 5.69 Å². The molecule has 2 aromatic heterocycles. The van der Waals surface area contributed by atoms with Gasteiger partial charge in [-0.2, -0.15) is 0 Å². The molecule has 4 aromatic rings. The first-order chi connectivity index (χ1) is 17.4. The van der Waals surface area contributed by atoms with E-state index in [9.17, 15) is 0 Å². The van der Waals surface area contributed by atoms with Crippen molar-refractivity contribution in [1.29, 1.82) is 0 Å². The summed E-state index contributed by atoms with van der Waals surface area (Å²) in [7, 11) is 1.70. The van der Waals surface area contributed by atoms with Gasteiger partial charge in [0.25, 0.3) is 0 Å². The van der Waals surface area contributed by atoms with Gasteiger partial charge in [-0.15, -0.1) is 0 Å². The molecule has 3 heterocycles. The smallest absolute Gasteiger partial charge is 0.174 e. The van der Waals surface area contributed by atoms with E-state index in [1.165, 1.54) is 16.8 Å². The van der Waals surface area contributed by atoms with Gasteiger partial charge in [0, 0.05) is 35.0 Å². The Morgan fingerprint density at radius 1 is 0.944 bits per heavy atom. The van der Waals surface area contributed by atoms with Gasteiger partial charge in [0.2, 0.25) is 0 Å². The number of hydrogen-bond donors (Lipinski definition) is 1. The van der Waals surface area contributed by atoms with Crippen molar-refractivity contribution in [3.63, 3.8) is 0 Å². The highest BCUT2D eigenvalue weighted by molar-refractivity contribution is 7.80. The van der Waals surface area contributed by atoms with Crippen LogP contribution >= 0.6 is 12.2 Å². The standard InChI is InChI=1S/C30H32N4OS/c1-19(2)22-12-14-23(15-13-22)34-29(28(32-30(34)36)27-11-6-7-16-31-27)26-17-20(3)33(21(26)4)24-9-8-10-25(18-24)35-5/h6-19,28-29H,1-5H3,(H,32,36)/t28-,29+/m1/s1. The molecule has 2 aromatic carbocycles. The van der Waals surface area contributed by atoms with Crippen LogP contribution in [0.5, 0.6) is 5.75 Å². The number of rotatable bonds is 6. The topological polar surface area (TPSA) is 42.3 Å². The highest BCUT2D eigenvalue weighted by Gasteiger charge is 2.42. The minimum atomic E-state index is -0.0808. The van der Waals surface area contributed by atoms with E-state index in [0.717, 1.165) is 28.5 Å². The summed E-state index contributed by atoms with van der Waals surface area (Å²) in [5, 5.41) is 4.29. The third-order valence-electron chi connectivity index (χ3n) is 7.04. The van der Waals surface area contributed by atoms with Gasteiger partial charge in [-0.25, -0.2) is 0 Å². The zero-order valence-electron chi connectivity index (χ0n) is 21.4. The van der Waals surface area contributed by atoms with E-state index in [4.69, 9.17) is 21.9 Å². The molecule has 184 valence electrons. The molecular formula is C30H32N4OS. The number of nitrogens with one attached hydrogen (secondary N) is 1. The van der Waals surface area contributed by atoms with Gasteiger partial charge in [0.15, 0.2) is 5.11 Å². The Kier molecular flexibility index (Phi) is 6.54. The summed E-state index contributed by atoms with van der Waals surface area (Å²) < 4.78 is 7.78. The van der Waals surface area contributed by atoms with E-state index in [0.29, 0.717) is 11.0 Å². The van der Waals surface area contributed by atoms with Crippen LogP contribution in [0.1, 0.15) is 60.1 Å². The number of pyridine rings is 1. The van der Waals surface area contributed by atoms with Crippen molar-refractivity contribution in [3.05, 3.63) is 107 Å². The van der Waals surface area contributed by atoms with Crippen LogP contribution < -0.4 is 15.0 Å². The number of ether oxygens (including phenoxy) is 1. The van der Waals surface area contributed by atoms with Crippen molar-refractivity contribution in [2.75, 3.05) is 12.0 Å². The zero-order chi connectivity index (χ0) is 25.4. The van der Waals surface area contributed by atoms with E-state index in [2.05, 4.69) is 91.0 Å². The summed E-state index contributed by atoms with van der Waals surface area (Å²) in [6.45, 7) is 8.75. The molecule has 0 aliphatic carbocycles. The molecule has 1 fully saturated rings. The lowest BCUT2D eigenvalue weighted by molar-refractivity contribution is 0.414. The van der Waals surface area contributed by atoms with Gasteiger partial charge < -0.3 is 19.5 Å². The molecule has 1 N–H and O–H groups in total. The molecule has 0 unspecified atom stereocenters. The molecule has 5 rings (SSSR count). The Morgan fingerprint density at radius 3 is 2.39 bits per heavy atom. The predicted octanol–water partition coefficient (Wildman–Crippen LogP) is 6.80. The summed E-state index contributed by atoms with van der Waals surface area (Å²) in [5.41, 5.74) is 7.97. The Labute approximate surface area is 218 Å². The lowest BCUT2D eigenvalue weighted by atomic mass is 9.96. The fourth-order valence-electron chi connectivity index (χ4n) is 5.20. The molecule has 0 saturated carbocycles. The Balaban J connectivity index is 1.65. The molecule has 5 nitrogen and oxygen atoms in total. The second kappa shape index (κ2) is 9.78. The van der Waals surface area contributed by atoms with E-state index in [1.807, 2.05) is 30.5 Å². The average molecular weight is 497 g/mol. The second-order valence-corrected chi connectivity index (χ2v) is 9.99. The van der Waals surface area contributed by atoms with Gasteiger partial charge in [0.05, 0.1) is 24.9 Å². The van der Waals surface area contributed by atoms with Crippen LogP contribution in [-0.2, 0) is 0 Å². The number of nitrogens with zero attached hydrogens (tertiary/aromatic N) is 3. The number of aryl methyl sites for hydroxylation is 1. The maximum Gasteiger partial charge on any atom is 0.174 e. The first-order valence-corrected chi connectivity index (χ1v) is 12.7. The number of hydrogen-bond acceptors (Lipinski definition) is 3. The van der Waals surface area contributed by atoms with Gasteiger partial charge in [-0.05, 0) is 85.6 Å². The van der Waals surface area contributed by atoms with E-state index >= 15 is 0 Å². The van der Waals surface area contributed by atoms with E-state index < -0.39 is 0 Å². The largest absolute Gasteiger partial charge is 0.497 e. The van der Waals surface area contributed by atoms with Gasteiger partial charge in [0.1, 0.15) is 5.75 Å². The summed E-state index contributed by atoms with van der Waals surface area (Å²) in [6, 6.07) is 25.1. The first-order valence-electron chi connectivity index (χ1n) is 12.3. The van der Waals surface area contributed by atoms with Gasteiger partial charge in [-0.3, -0.25) is 4.98 Å². The first kappa shape index (κ1) is 24.1. The van der Waals surface area contributed by atoms with Crippen molar-refractivity contribution in [1.82, 2.24) is 14.9 Å². The van der Waals surface area contributed by atoms with Crippen molar-refractivity contribution in [3.8, 4) is 11.4 Å². The van der Waals surface area contributed by atoms with Crippen molar-refractivity contribution >= 4 is 23.0 Å². The van der Waals surface area contributed by atoms with Gasteiger partial charge >= 0.3 is 0 Å². The molecule has 0 radical (unpaired) electrons. The van der Waals surface area contributed by atoms with Crippen LogP contribution in [0, 0.1) is 13.8 Å². The van der Waals surface area contributed by atoms with Crippen LogP contribution in [0.3, 0.4) is 0 Å². The molecular weight excluding hydrogens is 464 g/mol. The summed E-state index contributed by atoms with van der Waals surface area (Å²) >= 11 is 5.93. The number of aromatic nitrogens is 2. The Bertz CT molecular complexity index is 1380. The highest BCUT2D eigenvalue weighted by Crippen LogP contribution is 2.44. The minimum Gasteiger partial charge on any atom is -0.497 e. The lowest BCUT2D eigenvalue weighted by Gasteiger charge is -2.28. The van der Waals surface area contributed by atoms with Crippen molar-refractivity contribution in [2.45, 2.75) is 45.7 Å². The molecule has 0 amide bonds. The third-order valence-corrected chi connectivity index (χ3v) is 7.35. The second-order valence-electron chi connectivity index (χ2n) is 9.61. The lowest BCUT2D eigenvalue weighted by Crippen LogP contribution is -2.29. The molecule has 1 aliphatic rings. The summed E-state index contributed by atoms with van der Waals surface area (Å²) in [6.07, 6.45) is 1.84. The summed E-state index contributed by atoms with van der Waals surface area (Å²) in [4.78, 5) is 6.95.